The number of aromatic nitrogens is 2. The fourth-order valence-electron chi connectivity index (χ4n) is 3.11. The fourth-order valence-corrected chi connectivity index (χ4v) is 3.11. The van der Waals surface area contributed by atoms with E-state index in [0.29, 0.717) is 28.0 Å². The lowest BCUT2D eigenvalue weighted by Gasteiger charge is -2.10. The lowest BCUT2D eigenvalue weighted by molar-refractivity contribution is 0.0997. The molecule has 0 aliphatic rings. The van der Waals surface area contributed by atoms with E-state index >= 15 is 0 Å². The molecule has 8 nitrogen and oxygen atoms in total. The van der Waals surface area contributed by atoms with E-state index in [9.17, 15) is 18.4 Å². The standard InChI is InChI=1S/C23H18F2N6O2/c24-15-4-6-18(17(26)9-15)31-23(33)13-1-2-14(16(25)7-13)10-29-21-11-28-19-5-3-12(22(27)32)8-20(19)30-21/h1-9,11H,10,26H2,(H2,27,32)(H,29,30)(H,31,33). The fraction of sp³-hybridized carbons (Fsp3) is 0.0435. The first-order chi connectivity index (χ1) is 15.8. The second-order valence-corrected chi connectivity index (χ2v) is 7.17. The molecule has 1 aromatic heterocycles. The van der Waals surface area contributed by atoms with E-state index in [1.165, 1.54) is 30.5 Å². The number of anilines is 3. The number of hydrogen-bond acceptors (Lipinski definition) is 6. The third kappa shape index (κ3) is 4.85. The Labute approximate surface area is 186 Å². The number of amides is 2. The maximum Gasteiger partial charge on any atom is 0.255 e. The van der Waals surface area contributed by atoms with Crippen LogP contribution in [0.3, 0.4) is 0 Å². The highest BCUT2D eigenvalue weighted by molar-refractivity contribution is 6.05. The molecule has 33 heavy (non-hydrogen) atoms. The van der Waals surface area contributed by atoms with Crippen molar-refractivity contribution >= 4 is 40.0 Å². The van der Waals surface area contributed by atoms with Gasteiger partial charge in [-0.05, 0) is 48.5 Å². The molecule has 10 heteroatoms. The molecule has 0 saturated carbocycles. The molecule has 0 spiro atoms. The second kappa shape index (κ2) is 8.87. The third-order valence-corrected chi connectivity index (χ3v) is 4.86. The van der Waals surface area contributed by atoms with Crippen molar-refractivity contribution in [1.29, 1.82) is 0 Å². The van der Waals surface area contributed by atoms with E-state index in [0.717, 1.165) is 18.2 Å². The predicted octanol–water partition coefficient (Wildman–Crippen LogP) is 3.45. The normalized spacial score (nSPS) is 10.7. The van der Waals surface area contributed by atoms with E-state index in [2.05, 4.69) is 20.6 Å². The summed E-state index contributed by atoms with van der Waals surface area (Å²) in [4.78, 5) is 32.4. The molecule has 0 aliphatic heterocycles. The van der Waals surface area contributed by atoms with Gasteiger partial charge in [-0.25, -0.2) is 13.8 Å². The maximum absolute atomic E-state index is 14.6. The zero-order valence-corrected chi connectivity index (χ0v) is 17.1. The summed E-state index contributed by atoms with van der Waals surface area (Å²) in [5, 5.41) is 5.49. The number of halogens is 2. The van der Waals surface area contributed by atoms with E-state index in [1.807, 2.05) is 0 Å². The van der Waals surface area contributed by atoms with Crippen LogP contribution in [0.5, 0.6) is 0 Å². The van der Waals surface area contributed by atoms with E-state index in [4.69, 9.17) is 11.5 Å². The Bertz CT molecular complexity index is 1390. The number of fused-ring (bicyclic) bond motifs is 1. The first-order valence-electron chi connectivity index (χ1n) is 9.75. The Morgan fingerprint density at radius 1 is 0.939 bits per heavy atom. The number of carbonyl (C=O) groups is 2. The Balaban J connectivity index is 1.46. The molecule has 0 saturated heterocycles. The van der Waals surface area contributed by atoms with Crippen molar-refractivity contribution in [2.24, 2.45) is 5.73 Å². The lowest BCUT2D eigenvalue weighted by Crippen LogP contribution is -2.14. The van der Waals surface area contributed by atoms with Crippen LogP contribution in [0.4, 0.5) is 26.0 Å². The highest BCUT2D eigenvalue weighted by atomic mass is 19.1. The Kier molecular flexibility index (Phi) is 5.81. The van der Waals surface area contributed by atoms with Gasteiger partial charge in [-0.15, -0.1) is 0 Å². The van der Waals surface area contributed by atoms with E-state index in [-0.39, 0.29) is 23.5 Å². The van der Waals surface area contributed by atoms with Crippen molar-refractivity contribution in [3.8, 4) is 0 Å². The number of benzene rings is 3. The number of nitrogens with one attached hydrogen (secondary N) is 2. The van der Waals surface area contributed by atoms with Crippen LogP contribution < -0.4 is 22.1 Å². The molecule has 3 aromatic carbocycles. The van der Waals surface area contributed by atoms with Crippen LogP contribution in [0.2, 0.25) is 0 Å². The number of carbonyl (C=O) groups excluding carboxylic acids is 2. The van der Waals surface area contributed by atoms with Gasteiger partial charge in [-0.1, -0.05) is 6.07 Å². The molecular weight excluding hydrogens is 430 g/mol. The van der Waals surface area contributed by atoms with Gasteiger partial charge in [0.15, 0.2) is 0 Å². The molecular formula is C23H18F2N6O2. The van der Waals surface area contributed by atoms with Crippen LogP contribution in [0.25, 0.3) is 11.0 Å². The summed E-state index contributed by atoms with van der Waals surface area (Å²) >= 11 is 0. The maximum atomic E-state index is 14.6. The summed E-state index contributed by atoms with van der Waals surface area (Å²) in [6, 6.07) is 12.3. The van der Waals surface area contributed by atoms with Crippen molar-refractivity contribution in [2.45, 2.75) is 6.54 Å². The van der Waals surface area contributed by atoms with E-state index in [1.54, 1.807) is 12.1 Å². The quantitative estimate of drug-likeness (QED) is 0.334. The van der Waals surface area contributed by atoms with Crippen LogP contribution in [0.1, 0.15) is 26.3 Å². The van der Waals surface area contributed by atoms with Gasteiger partial charge in [-0.2, -0.15) is 0 Å². The minimum absolute atomic E-state index is 0.0593. The van der Waals surface area contributed by atoms with Gasteiger partial charge in [0.1, 0.15) is 17.5 Å². The van der Waals surface area contributed by atoms with Crippen LogP contribution in [-0.4, -0.2) is 21.8 Å². The SMILES string of the molecule is NC(=O)c1ccc2ncc(NCc3ccc(C(=O)Nc4ccc(F)cc4N)cc3F)nc2c1. The number of nitrogens with two attached hydrogens (primary N) is 2. The smallest absolute Gasteiger partial charge is 0.255 e. The first-order valence-corrected chi connectivity index (χ1v) is 9.75. The minimum Gasteiger partial charge on any atom is -0.397 e. The first kappa shape index (κ1) is 21.6. The number of nitrogens with zero attached hydrogens (tertiary/aromatic N) is 2. The van der Waals surface area contributed by atoms with Gasteiger partial charge >= 0.3 is 0 Å². The number of hydrogen-bond donors (Lipinski definition) is 4. The van der Waals surface area contributed by atoms with Crippen molar-refractivity contribution in [1.82, 2.24) is 9.97 Å². The van der Waals surface area contributed by atoms with Crippen LogP contribution >= 0.6 is 0 Å². The van der Waals surface area contributed by atoms with Gasteiger partial charge in [0.2, 0.25) is 5.91 Å². The highest BCUT2D eigenvalue weighted by Crippen LogP contribution is 2.21. The average Bonchev–Trinajstić information content (AvgIpc) is 2.79. The monoisotopic (exact) mass is 448 g/mol. The van der Waals surface area contributed by atoms with E-state index < -0.39 is 23.4 Å². The van der Waals surface area contributed by atoms with Crippen molar-refractivity contribution in [3.63, 3.8) is 0 Å². The average molecular weight is 448 g/mol. The highest BCUT2D eigenvalue weighted by Gasteiger charge is 2.12. The van der Waals surface area contributed by atoms with Crippen molar-refractivity contribution in [2.75, 3.05) is 16.4 Å². The van der Waals surface area contributed by atoms with Crippen LogP contribution in [0.15, 0.2) is 60.8 Å². The summed E-state index contributed by atoms with van der Waals surface area (Å²) in [6.07, 6.45) is 1.49. The molecule has 0 radical (unpaired) electrons. The number of nitrogen functional groups attached to an aromatic ring is 1. The molecule has 2 amide bonds. The number of rotatable bonds is 6. The zero-order chi connectivity index (χ0) is 23.5. The number of primary amides is 1. The van der Waals surface area contributed by atoms with Crippen molar-refractivity contribution in [3.05, 3.63) is 89.1 Å². The van der Waals surface area contributed by atoms with Crippen molar-refractivity contribution < 1.29 is 18.4 Å². The molecule has 4 rings (SSSR count). The summed E-state index contributed by atoms with van der Waals surface area (Å²) in [6.45, 7) is 0.0777. The second-order valence-electron chi connectivity index (χ2n) is 7.17. The molecule has 4 aromatic rings. The van der Waals surface area contributed by atoms with Crippen LogP contribution in [0, 0.1) is 11.6 Å². The molecule has 6 N–H and O–H groups in total. The molecule has 0 unspecified atom stereocenters. The Hall–Kier alpha value is -4.60. The van der Waals surface area contributed by atoms with Gasteiger partial charge in [-0.3, -0.25) is 14.6 Å². The Morgan fingerprint density at radius 3 is 2.45 bits per heavy atom. The minimum atomic E-state index is -0.605. The summed E-state index contributed by atoms with van der Waals surface area (Å²) in [5.41, 5.74) is 13.0. The molecule has 0 fully saturated rings. The van der Waals surface area contributed by atoms with Gasteiger partial charge in [0, 0.05) is 23.2 Å². The largest absolute Gasteiger partial charge is 0.397 e. The van der Waals surface area contributed by atoms with Gasteiger partial charge in [0.25, 0.3) is 5.91 Å². The summed E-state index contributed by atoms with van der Waals surface area (Å²) in [5.74, 6) is -1.93. The molecule has 1 heterocycles. The third-order valence-electron chi connectivity index (χ3n) is 4.86. The topological polar surface area (TPSA) is 136 Å². The molecule has 0 bridgehead atoms. The summed E-state index contributed by atoms with van der Waals surface area (Å²) < 4.78 is 27.7. The van der Waals surface area contributed by atoms with Gasteiger partial charge < -0.3 is 22.1 Å². The zero-order valence-electron chi connectivity index (χ0n) is 17.1. The predicted molar refractivity (Wildman–Crippen MR) is 121 cm³/mol. The summed E-state index contributed by atoms with van der Waals surface area (Å²) in [7, 11) is 0. The molecule has 0 aliphatic carbocycles. The van der Waals surface area contributed by atoms with Gasteiger partial charge in [0.05, 0.1) is 28.6 Å². The molecule has 166 valence electrons. The Morgan fingerprint density at radius 2 is 1.73 bits per heavy atom. The van der Waals surface area contributed by atoms with Crippen LogP contribution in [-0.2, 0) is 6.54 Å². The molecule has 0 atom stereocenters. The lowest BCUT2D eigenvalue weighted by atomic mass is 10.1.